The van der Waals surface area contributed by atoms with Crippen molar-refractivity contribution in [3.63, 3.8) is 0 Å². The molecule has 0 radical (unpaired) electrons. The molecule has 2 N–H and O–H groups in total. The summed E-state index contributed by atoms with van der Waals surface area (Å²) in [7, 11) is 0. The predicted octanol–water partition coefficient (Wildman–Crippen LogP) is 1.98. The monoisotopic (exact) mass is 252 g/mol. The van der Waals surface area contributed by atoms with Crippen LogP contribution >= 0.6 is 0 Å². The maximum atomic E-state index is 11.9. The highest BCUT2D eigenvalue weighted by atomic mass is 19.4. The highest BCUT2D eigenvalue weighted by Gasteiger charge is 2.35. The van der Waals surface area contributed by atoms with Crippen molar-refractivity contribution in [1.29, 1.82) is 0 Å². The van der Waals surface area contributed by atoms with Gasteiger partial charge in [0.15, 0.2) is 0 Å². The van der Waals surface area contributed by atoms with Gasteiger partial charge in [-0.25, -0.2) is 0 Å². The van der Waals surface area contributed by atoms with Gasteiger partial charge in [0.1, 0.15) is 0 Å². The minimum Gasteiger partial charge on any atom is -0.355 e. The largest absolute Gasteiger partial charge is 0.389 e. The average Bonchev–Trinajstić information content (AvgIpc) is 2.64. The van der Waals surface area contributed by atoms with Crippen LogP contribution < -0.4 is 10.6 Å². The molecule has 1 atom stereocenters. The highest BCUT2D eigenvalue weighted by molar-refractivity contribution is 5.86. The molecule has 0 aromatic heterocycles. The van der Waals surface area contributed by atoms with Crippen molar-refractivity contribution < 1.29 is 18.0 Å². The molecule has 0 aromatic rings. The zero-order chi connectivity index (χ0) is 12.9. The lowest BCUT2D eigenvalue weighted by atomic mass is 9.99. The van der Waals surface area contributed by atoms with E-state index in [2.05, 4.69) is 10.6 Å². The molecule has 0 bridgehead atoms. The van der Waals surface area contributed by atoms with Gasteiger partial charge in [-0.05, 0) is 39.2 Å². The minimum absolute atomic E-state index is 0.0634. The van der Waals surface area contributed by atoms with Crippen LogP contribution in [0.3, 0.4) is 0 Å². The van der Waals surface area contributed by atoms with Gasteiger partial charge in [-0.15, -0.1) is 0 Å². The summed E-state index contributed by atoms with van der Waals surface area (Å²) < 4.78 is 35.6. The van der Waals surface area contributed by atoms with E-state index in [1.165, 1.54) is 0 Å². The third-order valence-electron chi connectivity index (χ3n) is 3.04. The second kappa shape index (κ2) is 5.71. The first-order chi connectivity index (χ1) is 7.83. The molecule has 1 fully saturated rings. The Kier molecular flexibility index (Phi) is 4.80. The van der Waals surface area contributed by atoms with Crippen molar-refractivity contribution in [2.45, 2.75) is 50.7 Å². The van der Waals surface area contributed by atoms with Gasteiger partial charge >= 0.3 is 6.18 Å². The summed E-state index contributed by atoms with van der Waals surface area (Å²) in [6, 6.07) is 0. The van der Waals surface area contributed by atoms with Crippen LogP contribution in [0.1, 0.15) is 39.0 Å². The average molecular weight is 252 g/mol. The molecule has 1 aliphatic heterocycles. The van der Waals surface area contributed by atoms with Gasteiger partial charge in [0.2, 0.25) is 5.91 Å². The predicted molar refractivity (Wildman–Crippen MR) is 58.6 cm³/mol. The fourth-order valence-electron chi connectivity index (χ4n) is 1.94. The number of hydrogen-bond donors (Lipinski definition) is 2. The van der Waals surface area contributed by atoms with E-state index in [1.807, 2.05) is 6.92 Å². The number of amides is 1. The Morgan fingerprint density at radius 1 is 1.41 bits per heavy atom. The smallest absolute Gasteiger partial charge is 0.355 e. The lowest BCUT2D eigenvalue weighted by Crippen LogP contribution is -2.51. The molecular weight excluding hydrogens is 233 g/mol. The third-order valence-corrected chi connectivity index (χ3v) is 3.04. The van der Waals surface area contributed by atoms with Crippen molar-refractivity contribution in [1.82, 2.24) is 10.6 Å². The number of alkyl halides is 3. The molecule has 1 rings (SSSR count). The number of halogens is 3. The maximum absolute atomic E-state index is 11.9. The summed E-state index contributed by atoms with van der Waals surface area (Å²) in [5, 5.41) is 5.79. The van der Waals surface area contributed by atoms with E-state index in [0.29, 0.717) is 13.0 Å². The van der Waals surface area contributed by atoms with Gasteiger partial charge < -0.3 is 10.6 Å². The van der Waals surface area contributed by atoms with Crippen LogP contribution in [0, 0.1) is 0 Å². The number of nitrogens with one attached hydrogen (secondary N) is 2. The van der Waals surface area contributed by atoms with Crippen LogP contribution in [0.4, 0.5) is 13.2 Å². The lowest BCUT2D eigenvalue weighted by molar-refractivity contribution is -0.135. The Hall–Kier alpha value is -0.780. The number of unbranched alkanes of at least 4 members (excludes halogenated alkanes) is 1. The fourth-order valence-corrected chi connectivity index (χ4v) is 1.94. The molecule has 1 unspecified atom stereocenters. The summed E-state index contributed by atoms with van der Waals surface area (Å²) in [5.74, 6) is -0.109. The van der Waals surface area contributed by atoms with E-state index in [0.717, 1.165) is 19.4 Å². The van der Waals surface area contributed by atoms with E-state index in [1.54, 1.807) is 0 Å². The van der Waals surface area contributed by atoms with E-state index in [-0.39, 0.29) is 12.3 Å². The van der Waals surface area contributed by atoms with Gasteiger partial charge in [-0.2, -0.15) is 13.2 Å². The molecule has 3 nitrogen and oxygen atoms in total. The molecule has 17 heavy (non-hydrogen) atoms. The number of rotatable bonds is 5. The molecule has 0 aromatic carbocycles. The Balaban J connectivity index is 2.12. The molecule has 1 heterocycles. The topological polar surface area (TPSA) is 41.1 Å². The van der Waals surface area contributed by atoms with E-state index in [9.17, 15) is 18.0 Å². The number of carbonyl (C=O) groups excluding carboxylic acids is 1. The molecular formula is C11H19F3N2O. The van der Waals surface area contributed by atoms with Gasteiger partial charge in [0.25, 0.3) is 0 Å². The highest BCUT2D eigenvalue weighted by Crippen LogP contribution is 2.22. The molecule has 6 heteroatoms. The van der Waals surface area contributed by atoms with Crippen LogP contribution in [0.15, 0.2) is 0 Å². The van der Waals surface area contributed by atoms with Crippen molar-refractivity contribution in [2.75, 3.05) is 13.1 Å². The lowest BCUT2D eigenvalue weighted by Gasteiger charge is -2.23. The zero-order valence-electron chi connectivity index (χ0n) is 9.99. The molecule has 0 spiro atoms. The van der Waals surface area contributed by atoms with Crippen LogP contribution in [0.25, 0.3) is 0 Å². The normalized spacial score (nSPS) is 24.9. The second-order valence-corrected chi connectivity index (χ2v) is 4.69. The maximum Gasteiger partial charge on any atom is 0.389 e. The van der Waals surface area contributed by atoms with Crippen molar-refractivity contribution in [2.24, 2.45) is 0 Å². The Morgan fingerprint density at radius 2 is 2.12 bits per heavy atom. The number of carbonyl (C=O) groups is 1. The van der Waals surface area contributed by atoms with Gasteiger partial charge in [-0.1, -0.05) is 0 Å². The molecule has 1 saturated heterocycles. The molecule has 0 aliphatic carbocycles. The summed E-state index contributed by atoms with van der Waals surface area (Å²) in [4.78, 5) is 11.7. The minimum atomic E-state index is -4.09. The Morgan fingerprint density at radius 3 is 2.65 bits per heavy atom. The summed E-state index contributed by atoms with van der Waals surface area (Å²) >= 11 is 0. The van der Waals surface area contributed by atoms with Crippen LogP contribution in [-0.2, 0) is 4.79 Å². The SMILES string of the molecule is CC1(C(=O)NCCCCC(F)(F)F)CCCN1. The van der Waals surface area contributed by atoms with Crippen LogP contribution in [0.2, 0.25) is 0 Å². The van der Waals surface area contributed by atoms with E-state index >= 15 is 0 Å². The summed E-state index contributed by atoms with van der Waals surface area (Å²) in [6.45, 7) is 2.95. The van der Waals surface area contributed by atoms with Crippen LogP contribution in [-0.4, -0.2) is 30.7 Å². The van der Waals surface area contributed by atoms with Crippen molar-refractivity contribution >= 4 is 5.91 Å². The van der Waals surface area contributed by atoms with Gasteiger partial charge in [0, 0.05) is 13.0 Å². The molecule has 100 valence electrons. The summed E-state index contributed by atoms with van der Waals surface area (Å²) in [5.41, 5.74) is -0.538. The third kappa shape index (κ3) is 4.93. The zero-order valence-corrected chi connectivity index (χ0v) is 9.99. The summed E-state index contributed by atoms with van der Waals surface area (Å²) in [6.07, 6.45) is -2.71. The number of hydrogen-bond acceptors (Lipinski definition) is 2. The van der Waals surface area contributed by atoms with E-state index in [4.69, 9.17) is 0 Å². The fraction of sp³-hybridized carbons (Fsp3) is 0.909. The van der Waals surface area contributed by atoms with Crippen LogP contribution in [0.5, 0.6) is 0 Å². The first kappa shape index (κ1) is 14.3. The Labute approximate surface area is 99.1 Å². The molecule has 1 aliphatic rings. The van der Waals surface area contributed by atoms with E-state index < -0.39 is 18.1 Å². The molecule has 0 saturated carbocycles. The first-order valence-electron chi connectivity index (χ1n) is 5.94. The second-order valence-electron chi connectivity index (χ2n) is 4.69. The quantitative estimate of drug-likeness (QED) is 0.735. The first-order valence-corrected chi connectivity index (χ1v) is 5.94. The van der Waals surface area contributed by atoms with Gasteiger partial charge in [0.05, 0.1) is 5.54 Å². The van der Waals surface area contributed by atoms with Crippen molar-refractivity contribution in [3.05, 3.63) is 0 Å². The van der Waals surface area contributed by atoms with Crippen molar-refractivity contribution in [3.8, 4) is 0 Å². The molecule has 1 amide bonds. The van der Waals surface area contributed by atoms with Gasteiger partial charge in [-0.3, -0.25) is 4.79 Å². The Bertz CT molecular complexity index is 260. The standard InChI is InChI=1S/C11H19F3N2O/c1-10(5-4-8-16-10)9(17)15-7-3-2-6-11(12,13)14/h16H,2-8H2,1H3,(H,15,17).